The Labute approximate surface area is 148 Å². The number of amides is 2. The van der Waals surface area contributed by atoms with E-state index in [1.54, 1.807) is 4.90 Å². The third-order valence-corrected chi connectivity index (χ3v) is 3.93. The second-order valence-electron chi connectivity index (χ2n) is 5.70. The summed E-state index contributed by atoms with van der Waals surface area (Å²) in [7, 11) is 0. The normalized spacial score (nSPS) is 21.4. The maximum Gasteiger partial charge on any atom is 0.234 e. The molecule has 2 aliphatic rings. The predicted octanol–water partition coefficient (Wildman–Crippen LogP) is 0.526. The highest BCUT2D eigenvalue weighted by Crippen LogP contribution is 2.21. The zero-order valence-corrected chi connectivity index (χ0v) is 14.4. The van der Waals surface area contributed by atoms with E-state index in [0.717, 1.165) is 24.3 Å². The molecule has 1 aromatic carbocycles. The fraction of sp³-hybridized carbons (Fsp3) is 0.467. The van der Waals surface area contributed by atoms with Crippen LogP contribution in [0.1, 0.15) is 12.0 Å². The summed E-state index contributed by atoms with van der Waals surface area (Å²) in [6, 6.07) is 7.87. The van der Waals surface area contributed by atoms with Gasteiger partial charge in [0.15, 0.2) is 0 Å². The molecule has 0 unspecified atom stereocenters. The Morgan fingerprint density at radius 1 is 1.17 bits per heavy atom. The molecule has 0 spiro atoms. The Kier molecular flexibility index (Phi) is 7.28. The van der Waals surface area contributed by atoms with E-state index in [2.05, 4.69) is 10.2 Å². The van der Waals surface area contributed by atoms with Gasteiger partial charge in [-0.05, 0) is 17.7 Å². The van der Waals surface area contributed by atoms with E-state index in [0.29, 0.717) is 26.1 Å². The molecule has 2 amide bonds. The van der Waals surface area contributed by atoms with Gasteiger partial charge in [-0.1, -0.05) is 12.1 Å². The summed E-state index contributed by atoms with van der Waals surface area (Å²) in [6.45, 7) is 3.36. The van der Waals surface area contributed by atoms with Crippen LogP contribution in [-0.2, 0) is 16.1 Å². The number of nitrogens with two attached hydrogens (primary N) is 1. The van der Waals surface area contributed by atoms with Crippen molar-refractivity contribution in [2.45, 2.75) is 19.0 Å². The summed E-state index contributed by atoms with van der Waals surface area (Å²) in [5.41, 5.74) is 7.85. The summed E-state index contributed by atoms with van der Waals surface area (Å²) >= 11 is 0. The number of anilines is 1. The lowest BCUT2D eigenvalue weighted by molar-refractivity contribution is -0.124. The Balaban J connectivity index is 0.00000132. The van der Waals surface area contributed by atoms with Gasteiger partial charge < -0.3 is 16.0 Å². The van der Waals surface area contributed by atoms with Gasteiger partial charge in [-0.2, -0.15) is 0 Å². The van der Waals surface area contributed by atoms with Crippen LogP contribution in [0.25, 0.3) is 0 Å². The molecule has 0 bridgehead atoms. The molecule has 3 rings (SSSR count). The van der Waals surface area contributed by atoms with Crippen molar-refractivity contribution in [3.05, 3.63) is 29.8 Å². The molecule has 2 fully saturated rings. The van der Waals surface area contributed by atoms with E-state index in [-0.39, 0.29) is 42.7 Å². The highest BCUT2D eigenvalue weighted by Gasteiger charge is 2.27. The third-order valence-electron chi connectivity index (χ3n) is 3.93. The maximum atomic E-state index is 11.8. The van der Waals surface area contributed by atoms with Crippen LogP contribution in [-0.4, -0.2) is 48.9 Å². The average Bonchev–Trinajstić information content (AvgIpc) is 2.79. The molecule has 23 heavy (non-hydrogen) atoms. The van der Waals surface area contributed by atoms with Gasteiger partial charge in [0.1, 0.15) is 0 Å². The van der Waals surface area contributed by atoms with Crippen molar-refractivity contribution in [3.8, 4) is 0 Å². The first-order valence-corrected chi connectivity index (χ1v) is 7.26. The number of nitrogens with zero attached hydrogens (tertiary/aromatic N) is 2. The van der Waals surface area contributed by atoms with Crippen molar-refractivity contribution in [2.75, 3.05) is 31.1 Å². The number of carbonyl (C=O) groups excluding carboxylic acids is 2. The van der Waals surface area contributed by atoms with Gasteiger partial charge in [0.05, 0.1) is 6.54 Å². The third kappa shape index (κ3) is 4.81. The molecule has 0 saturated carbocycles. The molecular formula is C15H22Cl2N4O2. The highest BCUT2D eigenvalue weighted by atomic mass is 35.5. The first-order valence-electron chi connectivity index (χ1n) is 7.26. The van der Waals surface area contributed by atoms with Crippen LogP contribution in [0.4, 0.5) is 5.69 Å². The van der Waals surface area contributed by atoms with E-state index >= 15 is 0 Å². The second-order valence-corrected chi connectivity index (χ2v) is 5.70. The van der Waals surface area contributed by atoms with Crippen molar-refractivity contribution < 1.29 is 9.59 Å². The number of hydrogen-bond donors (Lipinski definition) is 2. The second kappa shape index (κ2) is 8.49. The van der Waals surface area contributed by atoms with Crippen LogP contribution in [0.15, 0.2) is 24.3 Å². The van der Waals surface area contributed by atoms with Crippen LogP contribution in [0, 0.1) is 0 Å². The maximum absolute atomic E-state index is 11.8. The fourth-order valence-corrected chi connectivity index (χ4v) is 2.85. The van der Waals surface area contributed by atoms with Gasteiger partial charge in [0.25, 0.3) is 0 Å². The summed E-state index contributed by atoms with van der Waals surface area (Å²) in [6.07, 6.45) is 0.421. The van der Waals surface area contributed by atoms with Crippen molar-refractivity contribution in [1.82, 2.24) is 10.2 Å². The molecule has 8 heteroatoms. The Bertz CT molecular complexity index is 553. The van der Waals surface area contributed by atoms with Gasteiger partial charge in [-0.3, -0.25) is 14.5 Å². The monoisotopic (exact) mass is 360 g/mol. The molecule has 2 saturated heterocycles. The van der Waals surface area contributed by atoms with Crippen molar-refractivity contribution in [2.24, 2.45) is 5.73 Å². The number of halogens is 2. The quantitative estimate of drug-likeness (QED) is 0.823. The largest absolute Gasteiger partial charge is 0.354 e. The molecule has 1 aromatic rings. The molecule has 3 N–H and O–H groups in total. The minimum absolute atomic E-state index is 0. The van der Waals surface area contributed by atoms with Gasteiger partial charge >= 0.3 is 0 Å². The molecule has 2 aliphatic heterocycles. The van der Waals surface area contributed by atoms with Crippen LogP contribution in [0.2, 0.25) is 0 Å². The van der Waals surface area contributed by atoms with Gasteiger partial charge in [-0.15, -0.1) is 24.8 Å². The Morgan fingerprint density at radius 2 is 1.87 bits per heavy atom. The summed E-state index contributed by atoms with van der Waals surface area (Å²) in [5.74, 6) is 0.164. The number of hydrogen-bond acceptors (Lipinski definition) is 4. The fourth-order valence-electron chi connectivity index (χ4n) is 2.85. The SMILES string of the molecule is Cl.Cl.N[C@@H]1CC(=O)N(c2ccc(CN3CCNC(=O)C3)cc2)C1. The van der Waals surface area contributed by atoms with E-state index in [1.807, 2.05) is 24.3 Å². The minimum atomic E-state index is -0.0657. The van der Waals surface area contributed by atoms with Crippen molar-refractivity contribution in [1.29, 1.82) is 0 Å². The molecule has 6 nitrogen and oxygen atoms in total. The first kappa shape index (κ1) is 19.7. The lowest BCUT2D eigenvalue weighted by Gasteiger charge is -2.26. The molecule has 1 atom stereocenters. The van der Waals surface area contributed by atoms with E-state index in [9.17, 15) is 9.59 Å². The standard InChI is InChI=1S/C15H20N4O2.2ClH/c16-12-7-15(21)19(9-12)13-3-1-11(2-4-13)8-18-6-5-17-14(20)10-18;;/h1-4,12H,5-10,16H2,(H,17,20);2*1H/t12-;;/m1../s1. The lowest BCUT2D eigenvalue weighted by atomic mass is 10.1. The van der Waals surface area contributed by atoms with Crippen molar-refractivity contribution in [3.63, 3.8) is 0 Å². The first-order chi connectivity index (χ1) is 10.1. The van der Waals surface area contributed by atoms with Crippen molar-refractivity contribution >= 4 is 42.3 Å². The predicted molar refractivity (Wildman–Crippen MR) is 94.2 cm³/mol. The molecule has 0 aliphatic carbocycles. The zero-order valence-electron chi connectivity index (χ0n) is 12.7. The lowest BCUT2D eigenvalue weighted by Crippen LogP contribution is -2.47. The summed E-state index contributed by atoms with van der Waals surface area (Å²) in [5, 5.41) is 2.82. The van der Waals surface area contributed by atoms with E-state index in [4.69, 9.17) is 5.73 Å². The Hall–Kier alpha value is -1.34. The number of rotatable bonds is 3. The molecule has 2 heterocycles. The van der Waals surface area contributed by atoms with Crippen LogP contribution in [0.3, 0.4) is 0 Å². The molecule has 0 aromatic heterocycles. The number of nitrogens with one attached hydrogen (secondary N) is 1. The number of carbonyl (C=O) groups is 2. The topological polar surface area (TPSA) is 78.7 Å². The highest BCUT2D eigenvalue weighted by molar-refractivity contribution is 5.96. The molecule has 128 valence electrons. The summed E-state index contributed by atoms with van der Waals surface area (Å²) < 4.78 is 0. The van der Waals surface area contributed by atoms with E-state index in [1.165, 1.54) is 0 Å². The van der Waals surface area contributed by atoms with Crippen LogP contribution < -0.4 is 16.0 Å². The molecular weight excluding hydrogens is 339 g/mol. The van der Waals surface area contributed by atoms with Crippen LogP contribution >= 0.6 is 24.8 Å². The van der Waals surface area contributed by atoms with Gasteiger partial charge in [-0.25, -0.2) is 0 Å². The Morgan fingerprint density at radius 3 is 2.43 bits per heavy atom. The minimum Gasteiger partial charge on any atom is -0.354 e. The number of benzene rings is 1. The zero-order chi connectivity index (χ0) is 14.8. The van der Waals surface area contributed by atoms with Gasteiger partial charge in [0.2, 0.25) is 11.8 Å². The van der Waals surface area contributed by atoms with Gasteiger partial charge in [0, 0.05) is 44.3 Å². The molecule has 0 radical (unpaired) electrons. The summed E-state index contributed by atoms with van der Waals surface area (Å²) in [4.78, 5) is 27.0. The van der Waals surface area contributed by atoms with Crippen LogP contribution in [0.5, 0.6) is 0 Å². The smallest absolute Gasteiger partial charge is 0.234 e. The number of piperazine rings is 1. The van der Waals surface area contributed by atoms with E-state index < -0.39 is 0 Å². The average molecular weight is 361 g/mol.